The highest BCUT2D eigenvalue weighted by molar-refractivity contribution is 5.44. The van der Waals surface area contributed by atoms with Gasteiger partial charge in [-0.2, -0.15) is 0 Å². The molecule has 0 aromatic rings. The molecule has 0 heterocycles. The first-order chi connectivity index (χ1) is 7.27. The summed E-state index contributed by atoms with van der Waals surface area (Å²) in [5.74, 6) is -1.34. The van der Waals surface area contributed by atoms with Crippen molar-refractivity contribution in [1.29, 1.82) is 0 Å². The summed E-state index contributed by atoms with van der Waals surface area (Å²) < 4.78 is 26.8. The van der Waals surface area contributed by atoms with E-state index in [-0.39, 0.29) is 11.1 Å². The van der Waals surface area contributed by atoms with E-state index in [1.807, 2.05) is 6.08 Å². The zero-order valence-corrected chi connectivity index (χ0v) is 10.5. The molecule has 0 aromatic heterocycles. The van der Waals surface area contributed by atoms with E-state index in [0.29, 0.717) is 11.5 Å². The number of hydrogen-bond acceptors (Lipinski definition) is 0. The van der Waals surface area contributed by atoms with Gasteiger partial charge in [0, 0.05) is 5.57 Å². The van der Waals surface area contributed by atoms with E-state index >= 15 is 0 Å². The van der Waals surface area contributed by atoms with Crippen LogP contribution in [-0.4, -0.2) is 0 Å². The van der Waals surface area contributed by atoms with Crippen molar-refractivity contribution in [3.05, 3.63) is 47.6 Å². The Balaban J connectivity index is 4.88. The lowest BCUT2D eigenvalue weighted by Crippen LogP contribution is -1.91. The standard InChI is InChI=1S/C14H20F2/c1-9(2)7-8-11(5)12(6)14(16)13(15)10(3)4/h8-9H,3,6-7H2,1-2,4-5H3/b11-8+,14-13-. The summed E-state index contributed by atoms with van der Waals surface area (Å²) in [4.78, 5) is 0. The molecule has 2 heteroatoms. The summed E-state index contributed by atoms with van der Waals surface area (Å²) in [6, 6.07) is 0. The third kappa shape index (κ3) is 4.56. The quantitative estimate of drug-likeness (QED) is 0.561. The molecule has 0 unspecified atom stereocenters. The van der Waals surface area contributed by atoms with E-state index in [2.05, 4.69) is 27.0 Å². The van der Waals surface area contributed by atoms with E-state index in [0.717, 1.165) is 6.42 Å². The van der Waals surface area contributed by atoms with Crippen LogP contribution in [0, 0.1) is 5.92 Å². The topological polar surface area (TPSA) is 0 Å². The Morgan fingerprint density at radius 3 is 2.00 bits per heavy atom. The average Bonchev–Trinajstić information content (AvgIpc) is 2.22. The van der Waals surface area contributed by atoms with Gasteiger partial charge in [-0.3, -0.25) is 0 Å². The second-order valence-corrected chi connectivity index (χ2v) is 4.40. The SMILES string of the molecule is C=C(C)/C(F)=C(/F)C(=C)/C(C)=C/CC(C)C. The molecule has 0 nitrogen and oxygen atoms in total. The van der Waals surface area contributed by atoms with Gasteiger partial charge in [-0.05, 0) is 37.3 Å². The van der Waals surface area contributed by atoms with E-state index in [1.54, 1.807) is 6.92 Å². The Morgan fingerprint density at radius 1 is 1.12 bits per heavy atom. The van der Waals surface area contributed by atoms with Crippen molar-refractivity contribution in [2.75, 3.05) is 0 Å². The molecule has 0 N–H and O–H groups in total. The lowest BCUT2D eigenvalue weighted by molar-refractivity contribution is 0.557. The summed E-state index contributed by atoms with van der Waals surface area (Å²) in [6.07, 6.45) is 2.70. The van der Waals surface area contributed by atoms with E-state index in [4.69, 9.17) is 0 Å². The molecule has 0 atom stereocenters. The van der Waals surface area contributed by atoms with Crippen molar-refractivity contribution in [1.82, 2.24) is 0 Å². The predicted octanol–water partition coefficient (Wildman–Crippen LogP) is 5.26. The van der Waals surface area contributed by atoms with Gasteiger partial charge in [-0.25, -0.2) is 8.78 Å². The highest BCUT2D eigenvalue weighted by Gasteiger charge is 2.11. The van der Waals surface area contributed by atoms with Crippen molar-refractivity contribution in [3.63, 3.8) is 0 Å². The summed E-state index contributed by atoms with van der Waals surface area (Å²) in [5, 5.41) is 0. The summed E-state index contributed by atoms with van der Waals surface area (Å²) >= 11 is 0. The molecule has 0 saturated heterocycles. The molecule has 0 aliphatic heterocycles. The number of allylic oxidation sites excluding steroid dienone is 6. The fourth-order valence-corrected chi connectivity index (χ4v) is 1.03. The first-order valence-electron chi connectivity index (χ1n) is 5.34. The minimum absolute atomic E-state index is 0.0790. The van der Waals surface area contributed by atoms with Crippen LogP contribution in [0.5, 0.6) is 0 Å². The van der Waals surface area contributed by atoms with Crippen LogP contribution >= 0.6 is 0 Å². The first-order valence-corrected chi connectivity index (χ1v) is 5.34. The van der Waals surface area contributed by atoms with Crippen LogP contribution < -0.4 is 0 Å². The van der Waals surface area contributed by atoms with Gasteiger partial charge in [0.15, 0.2) is 11.7 Å². The van der Waals surface area contributed by atoms with Crippen LogP contribution in [0.4, 0.5) is 8.78 Å². The van der Waals surface area contributed by atoms with Gasteiger partial charge in [-0.1, -0.05) is 33.1 Å². The molecular weight excluding hydrogens is 206 g/mol. The monoisotopic (exact) mass is 226 g/mol. The maximum absolute atomic E-state index is 13.5. The zero-order chi connectivity index (χ0) is 12.9. The molecule has 90 valence electrons. The van der Waals surface area contributed by atoms with E-state index < -0.39 is 11.7 Å². The summed E-state index contributed by atoms with van der Waals surface area (Å²) in [5.41, 5.74) is 0.846. The van der Waals surface area contributed by atoms with E-state index in [9.17, 15) is 8.78 Å². The normalized spacial score (nSPS) is 13.8. The first kappa shape index (κ1) is 14.8. The minimum Gasteiger partial charge on any atom is -0.203 e. The fourth-order valence-electron chi connectivity index (χ4n) is 1.03. The minimum atomic E-state index is -0.915. The molecule has 0 fully saturated rings. The van der Waals surface area contributed by atoms with Crippen LogP contribution in [-0.2, 0) is 0 Å². The Kier molecular flexibility index (Phi) is 5.94. The van der Waals surface area contributed by atoms with Gasteiger partial charge in [0.25, 0.3) is 0 Å². The highest BCUT2D eigenvalue weighted by Crippen LogP contribution is 2.26. The maximum Gasteiger partial charge on any atom is 0.165 e. The molecule has 0 amide bonds. The molecular formula is C14H20F2. The van der Waals surface area contributed by atoms with E-state index in [1.165, 1.54) is 6.92 Å². The van der Waals surface area contributed by atoms with Gasteiger partial charge >= 0.3 is 0 Å². The Bertz CT molecular complexity index is 344. The number of rotatable bonds is 5. The lowest BCUT2D eigenvalue weighted by atomic mass is 10.0. The largest absolute Gasteiger partial charge is 0.203 e. The van der Waals surface area contributed by atoms with Crippen LogP contribution in [0.3, 0.4) is 0 Å². The Morgan fingerprint density at radius 2 is 1.62 bits per heavy atom. The molecule has 0 aliphatic carbocycles. The molecule has 16 heavy (non-hydrogen) atoms. The van der Waals surface area contributed by atoms with Gasteiger partial charge in [0.05, 0.1) is 0 Å². The summed E-state index contributed by atoms with van der Waals surface area (Å²) in [6.45, 7) is 14.2. The third-order valence-corrected chi connectivity index (χ3v) is 2.20. The van der Waals surface area contributed by atoms with Gasteiger partial charge in [0.2, 0.25) is 0 Å². The molecule has 0 rings (SSSR count). The van der Waals surface area contributed by atoms with Crippen molar-refractivity contribution in [3.8, 4) is 0 Å². The maximum atomic E-state index is 13.5. The van der Waals surface area contributed by atoms with Crippen LogP contribution in [0.15, 0.2) is 47.6 Å². The molecule has 0 radical (unpaired) electrons. The number of halogens is 2. The average molecular weight is 226 g/mol. The van der Waals surface area contributed by atoms with Crippen molar-refractivity contribution < 1.29 is 8.78 Å². The van der Waals surface area contributed by atoms with Crippen LogP contribution in [0.25, 0.3) is 0 Å². The lowest BCUT2D eigenvalue weighted by Gasteiger charge is -2.07. The van der Waals surface area contributed by atoms with Crippen molar-refractivity contribution in [2.24, 2.45) is 5.92 Å². The molecule has 0 aliphatic rings. The zero-order valence-electron chi connectivity index (χ0n) is 10.5. The second kappa shape index (κ2) is 6.41. The summed E-state index contributed by atoms with van der Waals surface area (Å²) in [7, 11) is 0. The van der Waals surface area contributed by atoms with Gasteiger partial charge < -0.3 is 0 Å². The Labute approximate surface area is 97.1 Å². The smallest absolute Gasteiger partial charge is 0.165 e. The van der Waals surface area contributed by atoms with Crippen molar-refractivity contribution in [2.45, 2.75) is 34.1 Å². The van der Waals surface area contributed by atoms with Gasteiger partial charge in [0.1, 0.15) is 0 Å². The van der Waals surface area contributed by atoms with Gasteiger partial charge in [-0.15, -0.1) is 0 Å². The predicted molar refractivity (Wildman–Crippen MR) is 66.4 cm³/mol. The van der Waals surface area contributed by atoms with Crippen LogP contribution in [0.2, 0.25) is 0 Å². The molecule has 0 bridgehead atoms. The third-order valence-electron chi connectivity index (χ3n) is 2.20. The van der Waals surface area contributed by atoms with Crippen LogP contribution in [0.1, 0.15) is 34.1 Å². The molecule has 0 aromatic carbocycles. The molecule has 0 saturated carbocycles. The number of hydrogen-bond donors (Lipinski definition) is 0. The molecule has 0 spiro atoms. The second-order valence-electron chi connectivity index (χ2n) is 4.40. The fraction of sp³-hybridized carbons (Fsp3) is 0.429. The Hall–Kier alpha value is -1.18. The highest BCUT2D eigenvalue weighted by atomic mass is 19.2. The van der Waals surface area contributed by atoms with Crippen molar-refractivity contribution >= 4 is 0 Å².